The van der Waals surface area contributed by atoms with E-state index in [4.69, 9.17) is 4.74 Å². The predicted octanol–water partition coefficient (Wildman–Crippen LogP) is 1.80. The number of piperidine rings is 1. The van der Waals surface area contributed by atoms with Crippen molar-refractivity contribution in [3.05, 3.63) is 0 Å². The van der Waals surface area contributed by atoms with Crippen molar-refractivity contribution in [3.63, 3.8) is 0 Å². The minimum atomic E-state index is -3.00. The Morgan fingerprint density at radius 2 is 2.05 bits per heavy atom. The summed E-state index contributed by atoms with van der Waals surface area (Å²) in [5, 5.41) is 2.58. The second-order valence-electron chi connectivity index (χ2n) is 7.10. The number of nitrogens with zero attached hydrogens (tertiary/aromatic N) is 1. The molecule has 1 aliphatic heterocycles. The van der Waals surface area contributed by atoms with Crippen LogP contribution in [-0.4, -0.2) is 62.2 Å². The summed E-state index contributed by atoms with van der Waals surface area (Å²) < 4.78 is 28.7. The highest BCUT2D eigenvalue weighted by Crippen LogP contribution is 2.17. The fourth-order valence-electron chi connectivity index (χ4n) is 2.59. The number of alkyl carbamates (subject to hydrolysis) is 1. The maximum atomic E-state index is 11.8. The molecule has 7 heteroatoms. The molecule has 0 aromatic heterocycles. The van der Waals surface area contributed by atoms with Gasteiger partial charge in [-0.15, -0.1) is 0 Å². The Hall–Kier alpha value is -0.820. The van der Waals surface area contributed by atoms with E-state index in [-0.39, 0.29) is 11.3 Å². The Kier molecular flexibility index (Phi) is 6.67. The molecule has 0 bridgehead atoms. The average Bonchev–Trinajstić information content (AvgIpc) is 2.35. The third-order valence-electron chi connectivity index (χ3n) is 3.76. The molecule has 0 radical (unpaired) electrons. The molecule has 2 unspecified atom stereocenters. The SMILES string of the molecule is CCC(CN1CCCC(S(C)(=O)=O)C1)NC(=O)OC(C)(C)C. The van der Waals surface area contributed by atoms with Crippen LogP contribution in [0.5, 0.6) is 0 Å². The van der Waals surface area contributed by atoms with Gasteiger partial charge < -0.3 is 15.0 Å². The van der Waals surface area contributed by atoms with Crippen LogP contribution in [0.3, 0.4) is 0 Å². The molecule has 0 aliphatic carbocycles. The van der Waals surface area contributed by atoms with Crippen molar-refractivity contribution in [2.75, 3.05) is 25.9 Å². The van der Waals surface area contributed by atoms with Crippen LogP contribution in [0.2, 0.25) is 0 Å². The molecular formula is C15H30N2O4S. The normalized spacial score (nSPS) is 22.1. The summed E-state index contributed by atoms with van der Waals surface area (Å²) in [6.07, 6.45) is 3.26. The first-order chi connectivity index (χ1) is 10.0. The molecule has 130 valence electrons. The summed E-state index contributed by atoms with van der Waals surface area (Å²) in [6, 6.07) is -0.0341. The van der Waals surface area contributed by atoms with E-state index in [2.05, 4.69) is 10.2 Å². The largest absolute Gasteiger partial charge is 0.444 e. The lowest BCUT2D eigenvalue weighted by atomic mass is 10.1. The van der Waals surface area contributed by atoms with Crippen LogP contribution >= 0.6 is 0 Å². The highest BCUT2D eigenvalue weighted by Gasteiger charge is 2.29. The number of carbonyl (C=O) groups is 1. The molecule has 1 heterocycles. The molecule has 2 atom stereocenters. The van der Waals surface area contributed by atoms with Gasteiger partial charge in [0.05, 0.1) is 5.25 Å². The lowest BCUT2D eigenvalue weighted by Crippen LogP contribution is -2.49. The van der Waals surface area contributed by atoms with Gasteiger partial charge in [0.15, 0.2) is 9.84 Å². The van der Waals surface area contributed by atoms with Gasteiger partial charge in [0.2, 0.25) is 0 Å². The number of ether oxygens (including phenoxy) is 1. The standard InChI is InChI=1S/C15H30N2O4S/c1-6-12(16-14(18)21-15(2,3)4)10-17-9-7-8-13(11-17)22(5,19)20/h12-13H,6-11H2,1-5H3,(H,16,18). The maximum Gasteiger partial charge on any atom is 0.407 e. The van der Waals surface area contributed by atoms with Gasteiger partial charge in [0.25, 0.3) is 0 Å². The van der Waals surface area contributed by atoms with E-state index >= 15 is 0 Å². The van der Waals surface area contributed by atoms with Gasteiger partial charge in [-0.25, -0.2) is 13.2 Å². The van der Waals surface area contributed by atoms with Gasteiger partial charge in [-0.3, -0.25) is 0 Å². The summed E-state index contributed by atoms with van der Waals surface area (Å²) in [4.78, 5) is 14.0. The monoisotopic (exact) mass is 334 g/mol. The number of rotatable bonds is 5. The fraction of sp³-hybridized carbons (Fsp3) is 0.933. The van der Waals surface area contributed by atoms with Gasteiger partial charge in [0.1, 0.15) is 5.60 Å². The number of likely N-dealkylation sites (tertiary alicyclic amines) is 1. The lowest BCUT2D eigenvalue weighted by Gasteiger charge is -2.34. The minimum absolute atomic E-state index is 0.0341. The Labute approximate surface area is 134 Å². The molecule has 0 aromatic rings. The summed E-state index contributed by atoms with van der Waals surface area (Å²) in [5.74, 6) is 0. The van der Waals surface area contributed by atoms with Gasteiger partial charge in [-0.05, 0) is 46.6 Å². The zero-order valence-electron chi connectivity index (χ0n) is 14.4. The Balaban J connectivity index is 2.53. The van der Waals surface area contributed by atoms with Gasteiger partial charge in [-0.2, -0.15) is 0 Å². The first-order valence-corrected chi connectivity index (χ1v) is 9.87. The van der Waals surface area contributed by atoms with Crippen molar-refractivity contribution < 1.29 is 17.9 Å². The van der Waals surface area contributed by atoms with E-state index in [1.807, 2.05) is 27.7 Å². The molecule has 1 N–H and O–H groups in total. The molecule has 22 heavy (non-hydrogen) atoms. The zero-order valence-corrected chi connectivity index (χ0v) is 15.2. The summed E-state index contributed by atoms with van der Waals surface area (Å²) in [5.41, 5.74) is -0.519. The van der Waals surface area contributed by atoms with Gasteiger partial charge in [0, 0.05) is 25.4 Å². The summed E-state index contributed by atoms with van der Waals surface area (Å²) >= 11 is 0. The lowest BCUT2D eigenvalue weighted by molar-refractivity contribution is 0.0487. The van der Waals surface area contributed by atoms with Crippen LogP contribution in [0.4, 0.5) is 4.79 Å². The van der Waals surface area contributed by atoms with Gasteiger partial charge in [-0.1, -0.05) is 6.92 Å². The third kappa shape index (κ3) is 6.96. The van der Waals surface area contributed by atoms with Crippen LogP contribution < -0.4 is 5.32 Å². The molecule has 0 saturated carbocycles. The Morgan fingerprint density at radius 1 is 1.41 bits per heavy atom. The number of sulfone groups is 1. The number of nitrogens with one attached hydrogen (secondary N) is 1. The van der Waals surface area contributed by atoms with E-state index in [0.717, 1.165) is 25.8 Å². The smallest absolute Gasteiger partial charge is 0.407 e. The topological polar surface area (TPSA) is 75.7 Å². The molecule has 0 spiro atoms. The molecule has 0 aromatic carbocycles. The van der Waals surface area contributed by atoms with Crippen molar-refractivity contribution in [1.29, 1.82) is 0 Å². The number of amides is 1. The molecule has 1 aliphatic rings. The van der Waals surface area contributed by atoms with Crippen molar-refractivity contribution in [3.8, 4) is 0 Å². The van der Waals surface area contributed by atoms with Crippen LogP contribution in [0, 0.1) is 0 Å². The minimum Gasteiger partial charge on any atom is -0.444 e. The predicted molar refractivity (Wildman–Crippen MR) is 87.8 cm³/mol. The summed E-state index contributed by atoms with van der Waals surface area (Å²) in [6.45, 7) is 9.56. The highest BCUT2D eigenvalue weighted by molar-refractivity contribution is 7.91. The Bertz CT molecular complexity index is 470. The van der Waals surface area contributed by atoms with Crippen LogP contribution in [0.15, 0.2) is 0 Å². The summed E-state index contributed by atoms with van der Waals surface area (Å²) in [7, 11) is -3.00. The molecule has 6 nitrogen and oxygen atoms in total. The van der Waals surface area contributed by atoms with E-state index in [9.17, 15) is 13.2 Å². The fourth-order valence-corrected chi connectivity index (χ4v) is 3.67. The van der Waals surface area contributed by atoms with E-state index in [1.165, 1.54) is 6.26 Å². The van der Waals surface area contributed by atoms with Crippen LogP contribution in [0.25, 0.3) is 0 Å². The second-order valence-corrected chi connectivity index (χ2v) is 9.43. The maximum absolute atomic E-state index is 11.8. The number of hydrogen-bond donors (Lipinski definition) is 1. The second kappa shape index (κ2) is 7.64. The molecule has 1 rings (SSSR count). The molecular weight excluding hydrogens is 304 g/mol. The first kappa shape index (κ1) is 19.2. The van der Waals surface area contributed by atoms with Crippen LogP contribution in [0.1, 0.15) is 47.0 Å². The molecule has 1 fully saturated rings. The third-order valence-corrected chi connectivity index (χ3v) is 5.36. The van der Waals surface area contributed by atoms with E-state index in [0.29, 0.717) is 13.1 Å². The zero-order chi connectivity index (χ0) is 17.0. The molecule has 1 amide bonds. The average molecular weight is 334 g/mol. The number of hydrogen-bond acceptors (Lipinski definition) is 5. The number of carbonyl (C=O) groups excluding carboxylic acids is 1. The Morgan fingerprint density at radius 3 is 2.55 bits per heavy atom. The van der Waals surface area contributed by atoms with Crippen molar-refractivity contribution in [2.24, 2.45) is 0 Å². The van der Waals surface area contributed by atoms with Crippen molar-refractivity contribution in [1.82, 2.24) is 10.2 Å². The van der Waals surface area contributed by atoms with E-state index in [1.54, 1.807) is 0 Å². The van der Waals surface area contributed by atoms with E-state index < -0.39 is 21.5 Å². The van der Waals surface area contributed by atoms with Crippen molar-refractivity contribution >= 4 is 15.9 Å². The van der Waals surface area contributed by atoms with Crippen molar-refractivity contribution in [2.45, 2.75) is 63.9 Å². The highest BCUT2D eigenvalue weighted by atomic mass is 32.2. The quantitative estimate of drug-likeness (QED) is 0.830. The first-order valence-electron chi connectivity index (χ1n) is 7.92. The van der Waals surface area contributed by atoms with Gasteiger partial charge >= 0.3 is 6.09 Å². The molecule has 1 saturated heterocycles. The van der Waals surface area contributed by atoms with Crippen LogP contribution in [-0.2, 0) is 14.6 Å².